The molecule has 5 atom stereocenters. The monoisotopic (exact) mass is 374 g/mol. The standard InChI is InChI=1S/C18H21F3O5/c1-3-9-22-10-12-13-6-4-5-11-7-8-16(2)24-15(17(11,13)26-25-16)23-14(12)18(19,20)21/h1,11,13,15H,4-10H2,2H3/t11?,13-,15+,16+,17?/m0/s1. The Morgan fingerprint density at radius 2 is 2.08 bits per heavy atom. The van der Waals surface area contributed by atoms with E-state index in [2.05, 4.69) is 5.92 Å². The van der Waals surface area contributed by atoms with Gasteiger partial charge >= 0.3 is 6.18 Å². The average Bonchev–Trinajstić information content (AvgIpc) is 2.81. The zero-order valence-corrected chi connectivity index (χ0v) is 14.4. The molecule has 4 aliphatic heterocycles. The van der Waals surface area contributed by atoms with Gasteiger partial charge in [-0.3, -0.25) is 0 Å². The summed E-state index contributed by atoms with van der Waals surface area (Å²) in [4.78, 5) is 11.3. The molecule has 0 aromatic heterocycles. The molecule has 0 radical (unpaired) electrons. The number of hydrogen-bond donors (Lipinski definition) is 0. The lowest BCUT2D eigenvalue weighted by molar-refractivity contribution is -0.556. The van der Waals surface area contributed by atoms with Crippen LogP contribution in [0.3, 0.4) is 0 Å². The van der Waals surface area contributed by atoms with Crippen LogP contribution in [0, 0.1) is 24.2 Å². The van der Waals surface area contributed by atoms with Crippen molar-refractivity contribution in [2.45, 2.75) is 62.9 Å². The zero-order valence-electron chi connectivity index (χ0n) is 14.4. The first-order valence-electron chi connectivity index (χ1n) is 8.83. The van der Waals surface area contributed by atoms with Crippen LogP contribution in [0.1, 0.15) is 39.0 Å². The van der Waals surface area contributed by atoms with Crippen molar-refractivity contribution in [1.82, 2.24) is 0 Å². The highest BCUT2D eigenvalue weighted by molar-refractivity contribution is 5.28. The summed E-state index contributed by atoms with van der Waals surface area (Å²) in [7, 11) is 0. The first-order valence-corrected chi connectivity index (χ1v) is 8.83. The SMILES string of the molecule is C#CCOCC1=C(C(F)(F)F)O[C@@H]2O[C@@]3(C)CCC4CCC[C@@H]1C42OO3. The van der Waals surface area contributed by atoms with Crippen molar-refractivity contribution in [3.05, 3.63) is 11.3 Å². The van der Waals surface area contributed by atoms with Crippen LogP contribution in [0.5, 0.6) is 0 Å². The summed E-state index contributed by atoms with van der Waals surface area (Å²) in [5, 5.41) is 0. The van der Waals surface area contributed by atoms with Crippen LogP contribution in [-0.4, -0.2) is 37.1 Å². The minimum Gasteiger partial charge on any atom is -0.456 e. The lowest BCUT2D eigenvalue weighted by atomic mass is 9.63. The predicted octanol–water partition coefficient (Wildman–Crippen LogP) is 3.45. The molecule has 0 aromatic rings. The second-order valence-corrected chi connectivity index (χ2v) is 7.49. The van der Waals surface area contributed by atoms with Gasteiger partial charge in [0, 0.05) is 17.9 Å². The average molecular weight is 374 g/mol. The van der Waals surface area contributed by atoms with Crippen molar-refractivity contribution in [3.63, 3.8) is 0 Å². The summed E-state index contributed by atoms with van der Waals surface area (Å²) < 4.78 is 57.7. The van der Waals surface area contributed by atoms with Crippen molar-refractivity contribution in [2.75, 3.05) is 13.2 Å². The number of allylic oxidation sites excluding steroid dienone is 1. The first-order chi connectivity index (χ1) is 12.3. The smallest absolute Gasteiger partial charge is 0.449 e. The van der Waals surface area contributed by atoms with Crippen LogP contribution in [-0.2, 0) is 24.0 Å². The Bertz CT molecular complexity index is 654. The van der Waals surface area contributed by atoms with Crippen LogP contribution in [0.15, 0.2) is 11.3 Å². The second-order valence-electron chi connectivity index (χ2n) is 7.49. The molecule has 8 heteroatoms. The molecule has 2 unspecified atom stereocenters. The highest BCUT2D eigenvalue weighted by Crippen LogP contribution is 2.60. The van der Waals surface area contributed by atoms with Crippen LogP contribution in [0.25, 0.3) is 0 Å². The fraction of sp³-hybridized carbons (Fsp3) is 0.778. The van der Waals surface area contributed by atoms with Gasteiger partial charge in [0.25, 0.3) is 0 Å². The van der Waals surface area contributed by atoms with Gasteiger partial charge in [-0.1, -0.05) is 12.3 Å². The van der Waals surface area contributed by atoms with E-state index in [9.17, 15) is 13.2 Å². The lowest BCUT2D eigenvalue weighted by Gasteiger charge is -2.56. The van der Waals surface area contributed by atoms with Crippen molar-refractivity contribution >= 4 is 0 Å². The van der Waals surface area contributed by atoms with Gasteiger partial charge in [0.1, 0.15) is 6.61 Å². The maximum Gasteiger partial charge on any atom is 0.449 e. The molecule has 5 rings (SSSR count). The van der Waals surface area contributed by atoms with Gasteiger partial charge < -0.3 is 14.2 Å². The quantitative estimate of drug-likeness (QED) is 0.430. The molecule has 4 fully saturated rings. The summed E-state index contributed by atoms with van der Waals surface area (Å²) in [6, 6.07) is 0. The topological polar surface area (TPSA) is 46.2 Å². The normalized spacial score (nSPS) is 41.9. The third-order valence-electron chi connectivity index (χ3n) is 5.90. The molecule has 4 heterocycles. The summed E-state index contributed by atoms with van der Waals surface area (Å²) >= 11 is 0. The molecule has 26 heavy (non-hydrogen) atoms. The molecule has 0 N–H and O–H groups in total. The molecule has 5 nitrogen and oxygen atoms in total. The Labute approximate surface area is 149 Å². The number of hydrogen-bond acceptors (Lipinski definition) is 5. The van der Waals surface area contributed by atoms with Gasteiger partial charge in [-0.05, 0) is 32.1 Å². The van der Waals surface area contributed by atoms with E-state index in [4.69, 9.17) is 30.4 Å². The fourth-order valence-electron chi connectivity index (χ4n) is 4.77. The van der Waals surface area contributed by atoms with Gasteiger partial charge in [-0.25, -0.2) is 9.78 Å². The van der Waals surface area contributed by atoms with Crippen molar-refractivity contribution < 1.29 is 37.2 Å². The molecule has 0 amide bonds. The maximum atomic E-state index is 13.7. The van der Waals surface area contributed by atoms with Gasteiger partial charge in [-0.15, -0.1) is 6.42 Å². The Kier molecular flexibility index (Phi) is 4.27. The second kappa shape index (κ2) is 6.13. The fourth-order valence-corrected chi connectivity index (χ4v) is 4.77. The summed E-state index contributed by atoms with van der Waals surface area (Å²) in [6.07, 6.45) is 2.78. The number of alkyl halides is 3. The van der Waals surface area contributed by atoms with Crippen LogP contribution >= 0.6 is 0 Å². The molecule has 1 spiro atoms. The van der Waals surface area contributed by atoms with Crippen molar-refractivity contribution in [3.8, 4) is 12.3 Å². The van der Waals surface area contributed by atoms with E-state index in [0.717, 1.165) is 19.3 Å². The van der Waals surface area contributed by atoms with Crippen molar-refractivity contribution in [2.24, 2.45) is 11.8 Å². The van der Waals surface area contributed by atoms with Crippen LogP contribution in [0.4, 0.5) is 13.2 Å². The highest BCUT2D eigenvalue weighted by atomic mass is 19.4. The molecular formula is C18H21F3O5. The lowest BCUT2D eigenvalue weighted by Crippen LogP contribution is -2.66. The maximum absolute atomic E-state index is 13.7. The minimum atomic E-state index is -4.65. The molecule has 1 saturated carbocycles. The Hall–Kier alpha value is -1.27. The van der Waals surface area contributed by atoms with Crippen LogP contribution < -0.4 is 0 Å². The van der Waals surface area contributed by atoms with E-state index in [1.165, 1.54) is 0 Å². The van der Waals surface area contributed by atoms with E-state index in [-0.39, 0.29) is 24.7 Å². The van der Waals surface area contributed by atoms with E-state index >= 15 is 0 Å². The van der Waals surface area contributed by atoms with Gasteiger partial charge in [0.2, 0.25) is 17.8 Å². The largest absolute Gasteiger partial charge is 0.456 e. The number of rotatable bonds is 3. The Morgan fingerprint density at radius 1 is 1.27 bits per heavy atom. The summed E-state index contributed by atoms with van der Waals surface area (Å²) in [5.74, 6) is -0.444. The number of halogens is 3. The highest BCUT2D eigenvalue weighted by Gasteiger charge is 2.69. The van der Waals surface area contributed by atoms with E-state index < -0.39 is 35.5 Å². The molecule has 5 aliphatic rings. The Morgan fingerprint density at radius 3 is 2.81 bits per heavy atom. The number of fused-ring (bicyclic) bond motifs is 2. The van der Waals surface area contributed by atoms with E-state index in [0.29, 0.717) is 12.8 Å². The molecule has 144 valence electrons. The summed E-state index contributed by atoms with van der Waals surface area (Å²) in [6.45, 7) is 1.33. The van der Waals surface area contributed by atoms with Crippen molar-refractivity contribution in [1.29, 1.82) is 0 Å². The number of ether oxygens (including phenoxy) is 3. The minimum absolute atomic E-state index is 0.00649. The third kappa shape index (κ3) is 2.64. The van der Waals surface area contributed by atoms with E-state index in [1.807, 2.05) is 0 Å². The summed E-state index contributed by atoms with van der Waals surface area (Å²) in [5.41, 5.74) is -1.05. The Balaban J connectivity index is 1.80. The van der Waals surface area contributed by atoms with Crippen LogP contribution in [0.2, 0.25) is 0 Å². The van der Waals surface area contributed by atoms with E-state index in [1.54, 1.807) is 6.92 Å². The number of terminal acetylenes is 1. The van der Waals surface area contributed by atoms with Gasteiger partial charge in [-0.2, -0.15) is 13.2 Å². The molecule has 1 aliphatic carbocycles. The third-order valence-corrected chi connectivity index (χ3v) is 5.90. The predicted molar refractivity (Wildman–Crippen MR) is 82.1 cm³/mol. The van der Waals surface area contributed by atoms with Gasteiger partial charge in [0.15, 0.2) is 5.60 Å². The molecule has 3 saturated heterocycles. The zero-order chi connectivity index (χ0) is 18.6. The molecule has 0 aromatic carbocycles. The first kappa shape index (κ1) is 18.1. The van der Waals surface area contributed by atoms with Gasteiger partial charge in [0.05, 0.1) is 6.61 Å². The molecular weight excluding hydrogens is 353 g/mol. The molecule has 2 bridgehead atoms.